The number of hydrogen-bond donors (Lipinski definition) is 1. The zero-order valence-electron chi connectivity index (χ0n) is 16.9. The molecule has 1 aromatic carbocycles. The molecule has 4 rings (SSSR count). The Morgan fingerprint density at radius 3 is 2.87 bits per heavy atom. The number of fused-ring (bicyclic) bond motifs is 1. The van der Waals surface area contributed by atoms with Gasteiger partial charge in [-0.25, -0.2) is 0 Å². The second-order valence-electron chi connectivity index (χ2n) is 6.91. The first kappa shape index (κ1) is 21.3. The van der Waals surface area contributed by atoms with Crippen LogP contribution in [-0.2, 0) is 11.2 Å². The van der Waals surface area contributed by atoms with E-state index in [1.165, 1.54) is 0 Å². The Kier molecular flexibility index (Phi) is 6.83. The van der Waals surface area contributed by atoms with Crippen molar-refractivity contribution >= 4 is 34.9 Å². The number of carbonyl (C=O) groups is 1. The maximum absolute atomic E-state index is 12.7. The van der Waals surface area contributed by atoms with Crippen LogP contribution >= 0.6 is 23.4 Å². The molecule has 8 nitrogen and oxygen atoms in total. The summed E-state index contributed by atoms with van der Waals surface area (Å²) in [5.41, 5.74) is 1.56. The number of thioether (sulfide) groups is 1. The highest BCUT2D eigenvalue weighted by Crippen LogP contribution is 2.20. The van der Waals surface area contributed by atoms with Gasteiger partial charge < -0.3 is 9.84 Å². The van der Waals surface area contributed by atoms with Crippen molar-refractivity contribution in [3.8, 4) is 11.4 Å². The molecule has 1 atom stereocenters. The van der Waals surface area contributed by atoms with Gasteiger partial charge in [0.25, 0.3) is 0 Å². The minimum Gasteiger partial charge on any atom is -0.346 e. The van der Waals surface area contributed by atoms with E-state index in [4.69, 9.17) is 16.1 Å². The van der Waals surface area contributed by atoms with Gasteiger partial charge in [-0.15, -0.1) is 10.2 Å². The van der Waals surface area contributed by atoms with Crippen molar-refractivity contribution in [2.45, 2.75) is 25.3 Å². The second kappa shape index (κ2) is 9.93. The first-order chi connectivity index (χ1) is 15.1. The van der Waals surface area contributed by atoms with Gasteiger partial charge in [0, 0.05) is 29.6 Å². The number of pyridine rings is 1. The van der Waals surface area contributed by atoms with Crippen molar-refractivity contribution in [3.05, 3.63) is 65.4 Å². The third-order valence-electron chi connectivity index (χ3n) is 4.73. The number of aromatic nitrogens is 5. The van der Waals surface area contributed by atoms with E-state index in [1.54, 1.807) is 23.9 Å². The topological polar surface area (TPSA) is 98.2 Å². The number of rotatable bonds is 9. The first-order valence-corrected chi connectivity index (χ1v) is 11.6. The molecule has 160 valence electrons. The summed E-state index contributed by atoms with van der Waals surface area (Å²) in [6.07, 6.45) is 5.27. The van der Waals surface area contributed by atoms with Crippen LogP contribution in [0.15, 0.2) is 53.2 Å². The number of hydrogen-bond acceptors (Lipinski definition) is 7. The molecule has 31 heavy (non-hydrogen) atoms. The third-order valence-corrected chi connectivity index (χ3v) is 5.63. The van der Waals surface area contributed by atoms with Crippen LogP contribution in [0.25, 0.3) is 17.0 Å². The number of halogens is 1. The summed E-state index contributed by atoms with van der Waals surface area (Å²) < 4.78 is 7.20. The molecule has 3 heterocycles. The molecular formula is C21H21ClN6O2S. The van der Waals surface area contributed by atoms with Crippen molar-refractivity contribution in [3.63, 3.8) is 0 Å². The Hall–Kier alpha value is -2.91. The standard InChI is InChI=1S/C21H21ClN6O2S/c1-31-13-11-16(21-26-25-17-4-2-3-12-28(17)21)23-18(29)9-10-19-24-20(27-30-19)14-5-7-15(22)8-6-14/h2-8,12,16H,9-11,13H2,1H3,(H,23,29). The average molecular weight is 457 g/mol. The Morgan fingerprint density at radius 1 is 1.23 bits per heavy atom. The molecule has 0 spiro atoms. The molecule has 0 radical (unpaired) electrons. The monoisotopic (exact) mass is 456 g/mol. The lowest BCUT2D eigenvalue weighted by atomic mass is 10.2. The van der Waals surface area contributed by atoms with E-state index in [0.29, 0.717) is 23.2 Å². The fraction of sp³-hybridized carbons (Fsp3) is 0.286. The fourth-order valence-electron chi connectivity index (χ4n) is 3.16. The second-order valence-corrected chi connectivity index (χ2v) is 8.33. The van der Waals surface area contributed by atoms with Gasteiger partial charge in [-0.1, -0.05) is 22.8 Å². The van der Waals surface area contributed by atoms with Gasteiger partial charge in [-0.05, 0) is 54.8 Å². The molecule has 0 fully saturated rings. The van der Waals surface area contributed by atoms with Crippen molar-refractivity contribution in [2.24, 2.45) is 0 Å². The molecule has 4 aromatic rings. The van der Waals surface area contributed by atoms with Gasteiger partial charge in [-0.2, -0.15) is 16.7 Å². The number of amides is 1. The van der Waals surface area contributed by atoms with Crippen LogP contribution in [0.3, 0.4) is 0 Å². The Balaban J connectivity index is 1.40. The molecule has 1 amide bonds. The summed E-state index contributed by atoms with van der Waals surface area (Å²) in [5.74, 6) is 2.39. The minimum atomic E-state index is -0.232. The number of carbonyl (C=O) groups excluding carboxylic acids is 1. The zero-order chi connectivity index (χ0) is 21.6. The smallest absolute Gasteiger partial charge is 0.227 e. The average Bonchev–Trinajstić information content (AvgIpc) is 3.43. The van der Waals surface area contributed by atoms with E-state index >= 15 is 0 Å². The molecule has 0 saturated heterocycles. The molecule has 3 aromatic heterocycles. The molecule has 0 saturated carbocycles. The first-order valence-electron chi connectivity index (χ1n) is 9.80. The van der Waals surface area contributed by atoms with Gasteiger partial charge in [-0.3, -0.25) is 9.20 Å². The molecule has 0 aliphatic rings. The highest BCUT2D eigenvalue weighted by atomic mass is 35.5. The predicted octanol–water partition coefficient (Wildman–Crippen LogP) is 3.98. The summed E-state index contributed by atoms with van der Waals surface area (Å²) in [6, 6.07) is 12.7. The minimum absolute atomic E-state index is 0.106. The highest BCUT2D eigenvalue weighted by molar-refractivity contribution is 7.98. The molecule has 0 aliphatic carbocycles. The van der Waals surface area contributed by atoms with E-state index in [-0.39, 0.29) is 18.4 Å². The number of aryl methyl sites for hydroxylation is 1. The van der Waals surface area contributed by atoms with Gasteiger partial charge in [0.05, 0.1) is 6.04 Å². The SMILES string of the molecule is CSCCC(NC(=O)CCc1nc(-c2ccc(Cl)cc2)no1)c1nnc2ccccn12. The van der Waals surface area contributed by atoms with Gasteiger partial charge in [0.2, 0.25) is 17.6 Å². The predicted molar refractivity (Wildman–Crippen MR) is 120 cm³/mol. The lowest BCUT2D eigenvalue weighted by molar-refractivity contribution is -0.122. The summed E-state index contributed by atoms with van der Waals surface area (Å²) in [5, 5.41) is 16.2. The van der Waals surface area contributed by atoms with Crippen LogP contribution in [-0.4, -0.2) is 42.7 Å². The van der Waals surface area contributed by atoms with E-state index < -0.39 is 0 Å². The normalized spacial score (nSPS) is 12.2. The molecule has 1 N–H and O–H groups in total. The lowest BCUT2D eigenvalue weighted by Crippen LogP contribution is -2.30. The molecule has 0 bridgehead atoms. The van der Waals surface area contributed by atoms with Crippen molar-refractivity contribution in [2.75, 3.05) is 12.0 Å². The summed E-state index contributed by atoms with van der Waals surface area (Å²) >= 11 is 7.63. The van der Waals surface area contributed by atoms with Gasteiger partial charge >= 0.3 is 0 Å². The van der Waals surface area contributed by atoms with Crippen LogP contribution in [0.4, 0.5) is 0 Å². The number of nitrogens with one attached hydrogen (secondary N) is 1. The quantitative estimate of drug-likeness (QED) is 0.406. The maximum atomic E-state index is 12.7. The summed E-state index contributed by atoms with van der Waals surface area (Å²) in [6.45, 7) is 0. The molecular weight excluding hydrogens is 436 g/mol. The van der Waals surface area contributed by atoms with Crippen LogP contribution in [0.1, 0.15) is 30.6 Å². The van der Waals surface area contributed by atoms with E-state index in [1.807, 2.05) is 47.2 Å². The Bertz CT molecular complexity index is 1160. The van der Waals surface area contributed by atoms with E-state index in [0.717, 1.165) is 29.2 Å². The van der Waals surface area contributed by atoms with Crippen molar-refractivity contribution in [1.82, 2.24) is 30.1 Å². The summed E-state index contributed by atoms with van der Waals surface area (Å²) in [7, 11) is 0. The Labute approximate surface area is 188 Å². The Morgan fingerprint density at radius 2 is 2.06 bits per heavy atom. The lowest BCUT2D eigenvalue weighted by Gasteiger charge is -2.16. The zero-order valence-corrected chi connectivity index (χ0v) is 18.4. The van der Waals surface area contributed by atoms with E-state index in [9.17, 15) is 4.79 Å². The van der Waals surface area contributed by atoms with Gasteiger partial charge in [0.1, 0.15) is 0 Å². The van der Waals surface area contributed by atoms with Crippen molar-refractivity contribution in [1.29, 1.82) is 0 Å². The third kappa shape index (κ3) is 5.23. The number of benzene rings is 1. The molecule has 1 unspecified atom stereocenters. The molecule has 10 heteroatoms. The van der Waals surface area contributed by atoms with Crippen molar-refractivity contribution < 1.29 is 9.32 Å². The summed E-state index contributed by atoms with van der Waals surface area (Å²) in [4.78, 5) is 17.0. The van der Waals surface area contributed by atoms with Crippen LogP contribution in [0.5, 0.6) is 0 Å². The highest BCUT2D eigenvalue weighted by Gasteiger charge is 2.20. The fourth-order valence-corrected chi connectivity index (χ4v) is 3.76. The number of nitrogens with zero attached hydrogens (tertiary/aromatic N) is 5. The van der Waals surface area contributed by atoms with Crippen LogP contribution in [0.2, 0.25) is 5.02 Å². The van der Waals surface area contributed by atoms with E-state index in [2.05, 4.69) is 25.7 Å². The van der Waals surface area contributed by atoms with Gasteiger partial charge in [0.15, 0.2) is 11.5 Å². The van der Waals surface area contributed by atoms with Crippen LogP contribution < -0.4 is 5.32 Å². The van der Waals surface area contributed by atoms with Crippen LogP contribution in [0, 0.1) is 0 Å². The maximum Gasteiger partial charge on any atom is 0.227 e. The molecule has 0 aliphatic heterocycles. The largest absolute Gasteiger partial charge is 0.346 e.